The van der Waals surface area contributed by atoms with Crippen molar-refractivity contribution in [3.63, 3.8) is 0 Å². The Labute approximate surface area is 133 Å². The van der Waals surface area contributed by atoms with Crippen LogP contribution in [0.25, 0.3) is 0 Å². The zero-order valence-electron chi connectivity index (χ0n) is 11.5. The van der Waals surface area contributed by atoms with Gasteiger partial charge in [-0.1, -0.05) is 46.6 Å². The molecule has 0 spiro atoms. The van der Waals surface area contributed by atoms with Gasteiger partial charge >= 0.3 is 0 Å². The van der Waals surface area contributed by atoms with Crippen LogP contribution < -0.4 is 4.74 Å². The Balaban J connectivity index is 1.95. The topological polar surface area (TPSA) is 41.8 Å². The normalized spacial score (nSPS) is 11.5. The van der Waals surface area contributed by atoms with Gasteiger partial charge in [-0.3, -0.25) is 0 Å². The number of hydrogen-bond acceptors (Lipinski definition) is 3. The third-order valence-electron chi connectivity index (χ3n) is 2.94. The molecule has 1 N–H and O–H groups in total. The fourth-order valence-electron chi connectivity index (χ4n) is 1.83. The van der Waals surface area contributed by atoms with E-state index in [1.807, 2.05) is 30.3 Å². The molecule has 0 radical (unpaired) electrons. The van der Waals surface area contributed by atoms with Gasteiger partial charge in [-0.2, -0.15) is 0 Å². The SMILES string of the molecule is C/C(Cc1ccc(OCc2ccc(Cl)c(Cl)c2)cc1)=N/O. The number of nitrogens with zero attached hydrogens (tertiary/aromatic N) is 1. The Morgan fingerprint density at radius 1 is 1.05 bits per heavy atom. The second-order valence-corrected chi connectivity index (χ2v) is 5.51. The summed E-state index contributed by atoms with van der Waals surface area (Å²) in [5.41, 5.74) is 2.68. The second-order valence-electron chi connectivity index (χ2n) is 4.69. The summed E-state index contributed by atoms with van der Waals surface area (Å²) >= 11 is 11.8. The van der Waals surface area contributed by atoms with Gasteiger partial charge in [0.25, 0.3) is 0 Å². The summed E-state index contributed by atoms with van der Waals surface area (Å²) in [6.45, 7) is 2.20. The van der Waals surface area contributed by atoms with E-state index in [0.29, 0.717) is 28.8 Å². The van der Waals surface area contributed by atoms with Crippen LogP contribution in [-0.4, -0.2) is 10.9 Å². The smallest absolute Gasteiger partial charge is 0.119 e. The summed E-state index contributed by atoms with van der Waals surface area (Å²) in [4.78, 5) is 0. The average molecular weight is 324 g/mol. The number of hydrogen-bond donors (Lipinski definition) is 1. The minimum absolute atomic E-state index is 0.424. The van der Waals surface area contributed by atoms with Gasteiger partial charge in [0.05, 0.1) is 15.8 Å². The number of halogens is 2. The van der Waals surface area contributed by atoms with E-state index in [1.165, 1.54) is 0 Å². The highest BCUT2D eigenvalue weighted by atomic mass is 35.5. The first-order chi connectivity index (χ1) is 10.1. The third-order valence-corrected chi connectivity index (χ3v) is 3.68. The van der Waals surface area contributed by atoms with Crippen LogP contribution in [0.1, 0.15) is 18.1 Å². The molecular weight excluding hydrogens is 309 g/mol. The van der Waals surface area contributed by atoms with Crippen LogP contribution >= 0.6 is 23.2 Å². The van der Waals surface area contributed by atoms with Gasteiger partial charge in [-0.25, -0.2) is 0 Å². The quantitative estimate of drug-likeness (QED) is 0.479. The van der Waals surface area contributed by atoms with Crippen molar-refractivity contribution in [1.82, 2.24) is 0 Å². The standard InChI is InChI=1S/C16H15Cl2NO2/c1-11(19-20)8-12-2-5-14(6-3-12)21-10-13-4-7-15(17)16(18)9-13/h2-7,9,20H,8,10H2,1H3/b19-11-. The van der Waals surface area contributed by atoms with Crippen LogP contribution in [0.2, 0.25) is 10.0 Å². The molecule has 5 heteroatoms. The first-order valence-corrected chi connectivity index (χ1v) is 7.17. The lowest BCUT2D eigenvalue weighted by molar-refractivity contribution is 0.306. The monoisotopic (exact) mass is 323 g/mol. The van der Waals surface area contributed by atoms with Gasteiger partial charge in [0.2, 0.25) is 0 Å². The van der Waals surface area contributed by atoms with Crippen LogP contribution in [0.15, 0.2) is 47.6 Å². The summed E-state index contributed by atoms with van der Waals surface area (Å²) < 4.78 is 5.69. The summed E-state index contributed by atoms with van der Waals surface area (Å²) in [6, 6.07) is 13.1. The van der Waals surface area contributed by atoms with Gasteiger partial charge in [0, 0.05) is 6.42 Å². The lowest BCUT2D eigenvalue weighted by Gasteiger charge is -2.08. The van der Waals surface area contributed by atoms with E-state index >= 15 is 0 Å². The highest BCUT2D eigenvalue weighted by molar-refractivity contribution is 6.42. The van der Waals surface area contributed by atoms with Crippen molar-refractivity contribution in [3.8, 4) is 5.75 Å². The maximum Gasteiger partial charge on any atom is 0.119 e. The molecule has 0 aliphatic rings. The van der Waals surface area contributed by atoms with Crippen LogP contribution in [0, 0.1) is 0 Å². The van der Waals surface area contributed by atoms with Crippen molar-refractivity contribution < 1.29 is 9.94 Å². The van der Waals surface area contributed by atoms with Crippen molar-refractivity contribution in [2.75, 3.05) is 0 Å². The molecule has 2 aromatic rings. The minimum atomic E-state index is 0.424. The van der Waals surface area contributed by atoms with Gasteiger partial charge < -0.3 is 9.94 Å². The maximum absolute atomic E-state index is 8.65. The van der Waals surface area contributed by atoms with Crippen molar-refractivity contribution in [2.24, 2.45) is 5.16 Å². The summed E-state index contributed by atoms with van der Waals surface area (Å²) in [5, 5.41) is 12.9. The number of oxime groups is 1. The molecule has 2 rings (SSSR count). The molecule has 0 aliphatic carbocycles. The van der Waals surface area contributed by atoms with Crippen LogP contribution in [0.5, 0.6) is 5.75 Å². The predicted octanol–water partition coefficient (Wildman–Crippen LogP) is 4.97. The van der Waals surface area contributed by atoms with E-state index in [-0.39, 0.29) is 0 Å². The molecule has 110 valence electrons. The van der Waals surface area contributed by atoms with Crippen molar-refractivity contribution in [2.45, 2.75) is 20.0 Å². The Morgan fingerprint density at radius 2 is 1.71 bits per heavy atom. The highest BCUT2D eigenvalue weighted by Gasteiger charge is 2.02. The van der Waals surface area contributed by atoms with E-state index in [0.717, 1.165) is 16.9 Å². The maximum atomic E-state index is 8.65. The molecule has 0 amide bonds. The molecule has 0 unspecified atom stereocenters. The van der Waals surface area contributed by atoms with Crippen molar-refractivity contribution >= 4 is 28.9 Å². The van der Waals surface area contributed by atoms with E-state index in [9.17, 15) is 0 Å². The van der Waals surface area contributed by atoms with E-state index in [2.05, 4.69) is 5.16 Å². The van der Waals surface area contributed by atoms with E-state index < -0.39 is 0 Å². The molecule has 0 saturated heterocycles. The Kier molecular flexibility index (Phi) is 5.48. The highest BCUT2D eigenvalue weighted by Crippen LogP contribution is 2.23. The summed E-state index contributed by atoms with van der Waals surface area (Å²) in [6.07, 6.45) is 0.615. The average Bonchev–Trinajstić information content (AvgIpc) is 2.50. The molecule has 0 fully saturated rings. The number of benzene rings is 2. The molecule has 0 heterocycles. The summed E-state index contributed by atoms with van der Waals surface area (Å²) in [7, 11) is 0. The predicted molar refractivity (Wildman–Crippen MR) is 85.8 cm³/mol. The Bertz CT molecular complexity index is 639. The Hall–Kier alpha value is -1.71. The van der Waals surface area contributed by atoms with Gasteiger partial charge in [0.1, 0.15) is 12.4 Å². The van der Waals surface area contributed by atoms with Gasteiger partial charge in [-0.15, -0.1) is 0 Å². The molecule has 0 aliphatic heterocycles. The molecule has 0 aromatic heterocycles. The van der Waals surface area contributed by atoms with Crippen LogP contribution in [0.4, 0.5) is 0 Å². The molecule has 0 atom stereocenters. The fraction of sp³-hybridized carbons (Fsp3) is 0.188. The van der Waals surface area contributed by atoms with Crippen molar-refractivity contribution in [1.29, 1.82) is 0 Å². The zero-order valence-corrected chi connectivity index (χ0v) is 13.0. The molecule has 0 bridgehead atoms. The van der Waals surface area contributed by atoms with Gasteiger partial charge in [0.15, 0.2) is 0 Å². The second kappa shape index (κ2) is 7.34. The molecule has 21 heavy (non-hydrogen) atoms. The van der Waals surface area contributed by atoms with E-state index in [4.69, 9.17) is 33.1 Å². The number of ether oxygens (including phenoxy) is 1. The third kappa shape index (κ3) is 4.66. The van der Waals surface area contributed by atoms with Crippen LogP contribution in [0.3, 0.4) is 0 Å². The van der Waals surface area contributed by atoms with E-state index in [1.54, 1.807) is 19.1 Å². The molecule has 3 nitrogen and oxygen atoms in total. The lowest BCUT2D eigenvalue weighted by atomic mass is 10.1. The number of rotatable bonds is 5. The Morgan fingerprint density at radius 3 is 2.33 bits per heavy atom. The van der Waals surface area contributed by atoms with Gasteiger partial charge in [-0.05, 0) is 42.3 Å². The summed E-state index contributed by atoms with van der Waals surface area (Å²) in [5.74, 6) is 0.767. The lowest BCUT2D eigenvalue weighted by Crippen LogP contribution is -1.98. The molecule has 0 saturated carbocycles. The van der Waals surface area contributed by atoms with Crippen molar-refractivity contribution in [3.05, 3.63) is 63.6 Å². The zero-order chi connectivity index (χ0) is 15.2. The minimum Gasteiger partial charge on any atom is -0.489 e. The largest absolute Gasteiger partial charge is 0.489 e. The first-order valence-electron chi connectivity index (χ1n) is 6.41. The molecular formula is C16H15Cl2NO2. The van der Waals surface area contributed by atoms with Crippen LogP contribution in [-0.2, 0) is 13.0 Å². The molecule has 2 aromatic carbocycles. The fourth-order valence-corrected chi connectivity index (χ4v) is 2.15. The first kappa shape index (κ1) is 15.7.